The minimum Gasteiger partial charge on any atom is -0.322 e. The van der Waals surface area contributed by atoms with Gasteiger partial charge in [0.05, 0.1) is 7.05 Å². The summed E-state index contributed by atoms with van der Waals surface area (Å²) in [6.07, 6.45) is 0.816. The molecule has 3 N–H and O–H groups in total. The Morgan fingerprint density at radius 1 is 1.00 bits per heavy atom. The number of carbonyl (C=O) groups is 2. The maximum atomic E-state index is 12.3. The van der Waals surface area contributed by atoms with Crippen molar-refractivity contribution >= 4 is 35.0 Å². The van der Waals surface area contributed by atoms with Crippen LogP contribution in [0.15, 0.2) is 53.4 Å². The first-order valence-electron chi connectivity index (χ1n) is 8.91. The molecule has 150 valence electrons. The highest BCUT2D eigenvalue weighted by molar-refractivity contribution is 7.99. The molecule has 0 saturated heterocycles. The second-order valence-electron chi connectivity index (χ2n) is 6.32. The van der Waals surface area contributed by atoms with Crippen LogP contribution in [-0.2, 0) is 16.0 Å². The summed E-state index contributed by atoms with van der Waals surface area (Å²) in [5.74, 6) is -2.90. The van der Waals surface area contributed by atoms with Crippen molar-refractivity contribution in [3.63, 3.8) is 0 Å². The second-order valence-corrected chi connectivity index (χ2v) is 7.38. The Hall–Kier alpha value is -2.45. The highest BCUT2D eigenvalue weighted by Crippen LogP contribution is 2.26. The predicted octanol–water partition coefficient (Wildman–Crippen LogP) is 2.66. The van der Waals surface area contributed by atoms with Gasteiger partial charge < -0.3 is 15.5 Å². The van der Waals surface area contributed by atoms with E-state index in [4.69, 9.17) is 0 Å². The summed E-state index contributed by atoms with van der Waals surface area (Å²) in [4.78, 5) is 25.5. The van der Waals surface area contributed by atoms with Gasteiger partial charge in [0.15, 0.2) is 13.1 Å². The van der Waals surface area contributed by atoms with Crippen LogP contribution in [0.5, 0.6) is 0 Å². The molecule has 28 heavy (non-hydrogen) atoms. The van der Waals surface area contributed by atoms with Gasteiger partial charge in [-0.3, -0.25) is 9.59 Å². The lowest BCUT2D eigenvalue weighted by Crippen LogP contribution is -3.11. The fourth-order valence-corrected chi connectivity index (χ4v) is 3.18. The molecule has 0 bridgehead atoms. The minimum absolute atomic E-state index is 0.108. The molecule has 2 rings (SSSR count). The topological polar surface area (TPSA) is 62.6 Å². The zero-order valence-corrected chi connectivity index (χ0v) is 16.6. The number of alkyl halides is 2. The Bertz CT molecular complexity index is 800. The van der Waals surface area contributed by atoms with E-state index < -0.39 is 5.76 Å². The molecule has 8 heteroatoms. The molecule has 0 aliphatic carbocycles. The Kier molecular flexibility index (Phi) is 8.41. The summed E-state index contributed by atoms with van der Waals surface area (Å²) in [6, 6.07) is 13.8. The summed E-state index contributed by atoms with van der Waals surface area (Å²) in [5.41, 5.74) is 2.37. The van der Waals surface area contributed by atoms with E-state index in [9.17, 15) is 18.4 Å². The van der Waals surface area contributed by atoms with Gasteiger partial charge in [-0.2, -0.15) is 8.78 Å². The number of amides is 2. The van der Waals surface area contributed by atoms with Crippen LogP contribution in [0.3, 0.4) is 0 Å². The minimum atomic E-state index is -2.48. The van der Waals surface area contributed by atoms with Gasteiger partial charge in [0.25, 0.3) is 17.6 Å². The van der Waals surface area contributed by atoms with E-state index in [1.54, 1.807) is 19.2 Å². The smallest absolute Gasteiger partial charge is 0.288 e. The predicted molar refractivity (Wildman–Crippen MR) is 108 cm³/mol. The number of para-hydroxylation sites is 1. The van der Waals surface area contributed by atoms with Crippen molar-refractivity contribution < 1.29 is 23.3 Å². The number of hydrogen-bond acceptors (Lipinski definition) is 3. The molecular weight excluding hydrogens is 384 g/mol. The number of halogens is 2. The number of likely N-dealkylation sites (N-methyl/N-ethyl adjacent to an activating group) is 1. The zero-order chi connectivity index (χ0) is 20.5. The number of nitrogens with one attached hydrogen (secondary N) is 3. The van der Waals surface area contributed by atoms with Crippen LogP contribution in [0.2, 0.25) is 0 Å². The average Bonchev–Trinajstić information content (AvgIpc) is 2.63. The van der Waals surface area contributed by atoms with E-state index in [2.05, 4.69) is 10.6 Å². The van der Waals surface area contributed by atoms with Crippen LogP contribution in [0.25, 0.3) is 0 Å². The van der Waals surface area contributed by atoms with E-state index in [-0.39, 0.29) is 24.9 Å². The summed E-state index contributed by atoms with van der Waals surface area (Å²) < 4.78 is 24.6. The number of carbonyl (C=O) groups excluding carboxylic acids is 2. The van der Waals surface area contributed by atoms with Gasteiger partial charge in [-0.1, -0.05) is 36.9 Å². The van der Waals surface area contributed by atoms with Gasteiger partial charge in [-0.05, 0) is 42.3 Å². The quantitative estimate of drug-likeness (QED) is 0.559. The number of anilines is 2. The molecule has 1 atom stereocenters. The SMILES string of the molecule is CCc1ccccc1NC(=O)C[NH+](C)CC(=O)Nc1ccc(SC(F)F)cc1. The highest BCUT2D eigenvalue weighted by Gasteiger charge is 2.15. The van der Waals surface area contributed by atoms with Crippen LogP contribution in [-0.4, -0.2) is 37.7 Å². The Labute approximate surface area is 167 Å². The van der Waals surface area contributed by atoms with Crippen molar-refractivity contribution in [2.24, 2.45) is 0 Å². The lowest BCUT2D eigenvalue weighted by molar-refractivity contribution is -0.862. The van der Waals surface area contributed by atoms with E-state index in [0.29, 0.717) is 22.3 Å². The number of hydrogen-bond donors (Lipinski definition) is 3. The number of rotatable bonds is 9. The number of thioether (sulfide) groups is 1. The summed E-state index contributed by atoms with van der Waals surface area (Å²) >= 11 is 0.452. The Balaban J connectivity index is 1.81. The summed E-state index contributed by atoms with van der Waals surface area (Å²) in [5, 5.41) is 5.59. The highest BCUT2D eigenvalue weighted by atomic mass is 32.2. The van der Waals surface area contributed by atoms with E-state index in [1.165, 1.54) is 12.1 Å². The van der Waals surface area contributed by atoms with Crippen molar-refractivity contribution in [2.45, 2.75) is 24.0 Å². The maximum absolute atomic E-state index is 12.3. The van der Waals surface area contributed by atoms with Gasteiger partial charge in [0.2, 0.25) is 0 Å². The second kappa shape index (κ2) is 10.8. The molecule has 0 aliphatic rings. The van der Waals surface area contributed by atoms with E-state index in [1.807, 2.05) is 31.2 Å². The van der Waals surface area contributed by atoms with Crippen LogP contribution in [0, 0.1) is 0 Å². The van der Waals surface area contributed by atoms with Gasteiger partial charge in [-0.15, -0.1) is 0 Å². The molecule has 0 heterocycles. The Morgan fingerprint density at radius 3 is 2.21 bits per heavy atom. The summed E-state index contributed by atoms with van der Waals surface area (Å²) in [6.45, 7) is 2.28. The standard InChI is InChI=1S/C20H23F2N3O2S/c1-3-14-6-4-5-7-17(14)24-19(27)13-25(2)12-18(26)23-15-8-10-16(11-9-15)28-20(21)22/h4-11,20H,3,12-13H2,1-2H3,(H,23,26)(H,24,27)/p+1. The molecule has 0 fully saturated rings. The molecule has 5 nitrogen and oxygen atoms in total. The number of aryl methyl sites for hydroxylation is 1. The van der Waals surface area contributed by atoms with Gasteiger partial charge in [0.1, 0.15) is 0 Å². The van der Waals surface area contributed by atoms with Crippen molar-refractivity contribution in [1.29, 1.82) is 0 Å². The average molecular weight is 408 g/mol. The molecule has 0 aliphatic heterocycles. The fraction of sp³-hybridized carbons (Fsp3) is 0.300. The van der Waals surface area contributed by atoms with E-state index >= 15 is 0 Å². The van der Waals surface area contributed by atoms with Crippen molar-refractivity contribution in [3.05, 3.63) is 54.1 Å². The number of quaternary nitrogens is 1. The summed E-state index contributed by atoms with van der Waals surface area (Å²) in [7, 11) is 1.76. The first kappa shape index (κ1) is 21.8. The lowest BCUT2D eigenvalue weighted by atomic mass is 10.1. The first-order valence-corrected chi connectivity index (χ1v) is 9.79. The van der Waals surface area contributed by atoms with Crippen LogP contribution in [0.4, 0.5) is 20.2 Å². The third-order valence-electron chi connectivity index (χ3n) is 3.96. The van der Waals surface area contributed by atoms with Gasteiger partial charge in [0, 0.05) is 16.3 Å². The molecule has 0 aromatic heterocycles. The molecule has 2 aromatic rings. The largest absolute Gasteiger partial charge is 0.322 e. The van der Waals surface area contributed by atoms with Crippen molar-refractivity contribution in [1.82, 2.24) is 0 Å². The third-order valence-corrected chi connectivity index (χ3v) is 4.68. The van der Waals surface area contributed by atoms with Crippen molar-refractivity contribution in [2.75, 3.05) is 30.8 Å². The zero-order valence-electron chi connectivity index (χ0n) is 15.8. The van der Waals surface area contributed by atoms with Crippen LogP contribution < -0.4 is 15.5 Å². The Morgan fingerprint density at radius 2 is 1.61 bits per heavy atom. The molecule has 2 amide bonds. The molecule has 0 spiro atoms. The molecule has 2 aromatic carbocycles. The molecule has 1 unspecified atom stereocenters. The fourth-order valence-electron chi connectivity index (χ4n) is 2.68. The van der Waals surface area contributed by atoms with Crippen molar-refractivity contribution in [3.8, 4) is 0 Å². The van der Waals surface area contributed by atoms with Gasteiger partial charge >= 0.3 is 0 Å². The van der Waals surface area contributed by atoms with Gasteiger partial charge in [-0.25, -0.2) is 0 Å². The molecular formula is C20H24F2N3O2S+. The first-order chi connectivity index (χ1) is 13.4. The molecule has 0 saturated carbocycles. The number of benzene rings is 2. The monoisotopic (exact) mass is 408 g/mol. The normalized spacial score (nSPS) is 11.9. The van der Waals surface area contributed by atoms with Crippen LogP contribution >= 0.6 is 11.8 Å². The molecule has 0 radical (unpaired) electrons. The van der Waals surface area contributed by atoms with E-state index in [0.717, 1.165) is 22.6 Å². The maximum Gasteiger partial charge on any atom is 0.288 e. The lowest BCUT2D eigenvalue weighted by Gasteiger charge is -2.15. The van der Waals surface area contributed by atoms with Crippen LogP contribution in [0.1, 0.15) is 12.5 Å². The third kappa shape index (κ3) is 7.28.